The largest absolute Gasteiger partial charge is 0.447 e. The SMILES string of the molecule is C[Si](O)(O)CCCNC(=O)OCCOCCOC(=O)Nc1ccccc1. The third-order valence-corrected chi connectivity index (χ3v) is 4.34. The molecule has 1 rings (SSSR count). The fourth-order valence-corrected chi connectivity index (χ4v) is 2.68. The number of hydrogen-bond donors (Lipinski definition) is 4. The van der Waals surface area contributed by atoms with Crippen LogP contribution in [0.2, 0.25) is 12.6 Å². The van der Waals surface area contributed by atoms with E-state index in [2.05, 4.69) is 10.6 Å². The molecule has 2 amide bonds. The monoisotopic (exact) mass is 386 g/mol. The van der Waals surface area contributed by atoms with Crippen molar-refractivity contribution in [3.8, 4) is 0 Å². The molecule has 0 atom stereocenters. The molecule has 10 heteroatoms. The fourth-order valence-electron chi connectivity index (χ4n) is 1.83. The van der Waals surface area contributed by atoms with Crippen LogP contribution in [-0.2, 0) is 14.2 Å². The van der Waals surface area contributed by atoms with Gasteiger partial charge in [0.2, 0.25) is 0 Å². The molecule has 1 aromatic carbocycles. The van der Waals surface area contributed by atoms with Crippen LogP contribution in [0.15, 0.2) is 30.3 Å². The van der Waals surface area contributed by atoms with Gasteiger partial charge in [-0.2, -0.15) is 0 Å². The fraction of sp³-hybridized carbons (Fsp3) is 0.500. The first-order valence-electron chi connectivity index (χ1n) is 8.29. The molecule has 4 N–H and O–H groups in total. The maximum absolute atomic E-state index is 11.5. The van der Waals surface area contributed by atoms with Crippen molar-refractivity contribution in [2.45, 2.75) is 19.0 Å². The van der Waals surface area contributed by atoms with E-state index in [1.54, 1.807) is 24.3 Å². The first kappa shape index (κ1) is 21.9. The first-order valence-corrected chi connectivity index (χ1v) is 10.9. The van der Waals surface area contributed by atoms with E-state index in [0.717, 1.165) is 0 Å². The van der Waals surface area contributed by atoms with E-state index in [0.29, 0.717) is 18.7 Å². The average Bonchev–Trinajstić information content (AvgIpc) is 2.58. The summed E-state index contributed by atoms with van der Waals surface area (Å²) >= 11 is 0. The maximum atomic E-state index is 11.5. The van der Waals surface area contributed by atoms with E-state index >= 15 is 0 Å². The third-order valence-electron chi connectivity index (χ3n) is 3.04. The van der Waals surface area contributed by atoms with Gasteiger partial charge in [0.05, 0.1) is 13.2 Å². The van der Waals surface area contributed by atoms with Gasteiger partial charge >= 0.3 is 20.7 Å². The highest BCUT2D eigenvalue weighted by Gasteiger charge is 2.20. The first-order chi connectivity index (χ1) is 12.4. The summed E-state index contributed by atoms with van der Waals surface area (Å²) in [7, 11) is -3.06. The Bertz CT molecular complexity index is 537. The molecule has 0 fully saturated rings. The number of carbonyl (C=O) groups excluding carboxylic acids is 2. The molecule has 0 spiro atoms. The van der Waals surface area contributed by atoms with Gasteiger partial charge in [0.15, 0.2) is 0 Å². The molecule has 0 aliphatic carbocycles. The van der Waals surface area contributed by atoms with Crippen molar-refractivity contribution in [3.63, 3.8) is 0 Å². The maximum Gasteiger partial charge on any atom is 0.411 e. The summed E-state index contributed by atoms with van der Waals surface area (Å²) in [4.78, 5) is 41.3. The van der Waals surface area contributed by atoms with E-state index in [-0.39, 0.29) is 32.5 Å². The summed E-state index contributed by atoms with van der Waals surface area (Å²) in [5.74, 6) is 0. The Morgan fingerprint density at radius 2 is 1.62 bits per heavy atom. The van der Waals surface area contributed by atoms with E-state index in [1.165, 1.54) is 6.55 Å². The van der Waals surface area contributed by atoms with Gasteiger partial charge in [0.1, 0.15) is 13.2 Å². The van der Waals surface area contributed by atoms with Crippen molar-refractivity contribution < 1.29 is 33.4 Å². The van der Waals surface area contributed by atoms with Crippen molar-refractivity contribution in [2.24, 2.45) is 0 Å². The number of ether oxygens (including phenoxy) is 3. The second-order valence-corrected chi connectivity index (χ2v) is 8.56. The molecule has 0 heterocycles. The van der Waals surface area contributed by atoms with Gasteiger partial charge in [-0.25, -0.2) is 9.59 Å². The highest BCUT2D eigenvalue weighted by molar-refractivity contribution is 6.63. The van der Waals surface area contributed by atoms with E-state index in [9.17, 15) is 19.2 Å². The topological polar surface area (TPSA) is 126 Å². The molecule has 1 aromatic rings. The zero-order valence-electron chi connectivity index (χ0n) is 14.8. The predicted molar refractivity (Wildman–Crippen MR) is 97.1 cm³/mol. The minimum absolute atomic E-state index is 0.0640. The molecule has 146 valence electrons. The molecule has 0 aromatic heterocycles. The Labute approximate surface area is 153 Å². The quantitative estimate of drug-likeness (QED) is 0.335. The van der Waals surface area contributed by atoms with Crippen molar-refractivity contribution >= 4 is 26.4 Å². The standard InChI is InChI=1S/C16H26N2O7Si/c1-26(21,22)13-5-8-17-15(19)24-11-9-23-10-12-25-16(20)18-14-6-3-2-4-7-14/h2-4,6-7,21-22H,5,8-13H2,1H3,(H,17,19)(H,18,20). The minimum atomic E-state index is -3.06. The highest BCUT2D eigenvalue weighted by Crippen LogP contribution is 2.05. The number of anilines is 1. The second-order valence-electron chi connectivity index (χ2n) is 5.62. The van der Waals surface area contributed by atoms with Gasteiger partial charge in [-0.05, 0) is 31.1 Å². The van der Waals surface area contributed by atoms with E-state index < -0.39 is 20.7 Å². The number of amides is 2. The molecule has 0 aliphatic rings. The molecule has 0 bridgehead atoms. The average molecular weight is 386 g/mol. The van der Waals surface area contributed by atoms with Crippen LogP contribution in [0.4, 0.5) is 15.3 Å². The summed E-state index contributed by atoms with van der Waals surface area (Å²) in [6, 6.07) is 9.21. The zero-order valence-corrected chi connectivity index (χ0v) is 15.8. The lowest BCUT2D eigenvalue weighted by Gasteiger charge is -2.12. The highest BCUT2D eigenvalue weighted by atomic mass is 28.4. The van der Waals surface area contributed by atoms with Gasteiger partial charge in [0, 0.05) is 12.2 Å². The molecule has 0 saturated carbocycles. The lowest BCUT2D eigenvalue weighted by Crippen LogP contribution is -2.32. The summed E-state index contributed by atoms with van der Waals surface area (Å²) < 4.78 is 15.0. The van der Waals surface area contributed by atoms with Crippen LogP contribution < -0.4 is 10.6 Å². The Hall–Kier alpha value is -2.14. The van der Waals surface area contributed by atoms with Crippen molar-refractivity contribution in [3.05, 3.63) is 30.3 Å². The van der Waals surface area contributed by atoms with Gasteiger partial charge in [-0.1, -0.05) is 18.2 Å². The number of carbonyl (C=O) groups is 2. The number of rotatable bonds is 11. The molecular formula is C16H26N2O7Si. The van der Waals surface area contributed by atoms with Crippen molar-refractivity contribution in [1.82, 2.24) is 5.32 Å². The summed E-state index contributed by atoms with van der Waals surface area (Å²) in [5.41, 5.74) is 0.641. The molecule has 0 saturated heterocycles. The second kappa shape index (κ2) is 12.2. The van der Waals surface area contributed by atoms with Crippen molar-refractivity contribution in [2.75, 3.05) is 38.3 Å². The normalized spacial score (nSPS) is 10.9. The Balaban J connectivity index is 1.92. The molecule has 0 radical (unpaired) electrons. The van der Waals surface area contributed by atoms with Crippen LogP contribution >= 0.6 is 0 Å². The predicted octanol–water partition coefficient (Wildman–Crippen LogP) is 1.42. The molecule has 26 heavy (non-hydrogen) atoms. The van der Waals surface area contributed by atoms with E-state index in [4.69, 9.17) is 14.2 Å². The van der Waals surface area contributed by atoms with E-state index in [1.807, 2.05) is 6.07 Å². The molecule has 9 nitrogen and oxygen atoms in total. The summed E-state index contributed by atoms with van der Waals surface area (Å²) in [5, 5.41) is 5.07. The number of alkyl carbamates (subject to hydrolysis) is 1. The van der Waals surface area contributed by atoms with Gasteiger partial charge in [0.25, 0.3) is 0 Å². The van der Waals surface area contributed by atoms with Crippen LogP contribution in [-0.4, -0.2) is 63.3 Å². The van der Waals surface area contributed by atoms with Gasteiger partial charge in [-0.3, -0.25) is 5.32 Å². The van der Waals surface area contributed by atoms with Crippen LogP contribution in [0, 0.1) is 0 Å². The van der Waals surface area contributed by atoms with Crippen molar-refractivity contribution in [1.29, 1.82) is 0 Å². The molecule has 0 aliphatic heterocycles. The van der Waals surface area contributed by atoms with Crippen LogP contribution in [0.3, 0.4) is 0 Å². The Kier molecular flexibility index (Phi) is 10.3. The number of nitrogens with one attached hydrogen (secondary N) is 2. The number of hydrogen-bond acceptors (Lipinski definition) is 7. The molecular weight excluding hydrogens is 360 g/mol. The number of para-hydroxylation sites is 1. The summed E-state index contributed by atoms with van der Waals surface area (Å²) in [6.45, 7) is 2.23. The van der Waals surface area contributed by atoms with Crippen LogP contribution in [0.5, 0.6) is 0 Å². The minimum Gasteiger partial charge on any atom is -0.447 e. The van der Waals surface area contributed by atoms with Gasteiger partial charge < -0.3 is 29.1 Å². The third kappa shape index (κ3) is 12.3. The Morgan fingerprint density at radius 1 is 1.00 bits per heavy atom. The van der Waals surface area contributed by atoms with Crippen LogP contribution in [0.1, 0.15) is 6.42 Å². The lowest BCUT2D eigenvalue weighted by atomic mass is 10.3. The zero-order chi connectivity index (χ0) is 19.3. The smallest absolute Gasteiger partial charge is 0.411 e. The summed E-state index contributed by atoms with van der Waals surface area (Å²) in [6.07, 6.45) is -0.685. The van der Waals surface area contributed by atoms with Crippen LogP contribution in [0.25, 0.3) is 0 Å². The lowest BCUT2D eigenvalue weighted by molar-refractivity contribution is 0.0483. The Morgan fingerprint density at radius 3 is 2.23 bits per heavy atom. The number of benzene rings is 1. The van der Waals surface area contributed by atoms with Gasteiger partial charge in [-0.15, -0.1) is 0 Å². The molecule has 0 unspecified atom stereocenters.